The minimum atomic E-state index is -0.833. The minimum Gasteiger partial charge on any atom is -0.481 e. The molecule has 1 aromatic heterocycles. The average Bonchev–Trinajstić information content (AvgIpc) is 3.23. The monoisotopic (exact) mass is 486 g/mol. The predicted molar refractivity (Wildman–Crippen MR) is 127 cm³/mol. The first-order valence-electron chi connectivity index (χ1n) is 11.3. The Morgan fingerprint density at radius 3 is 2.26 bits per heavy atom. The topological polar surface area (TPSA) is 177 Å². The van der Waals surface area contributed by atoms with Crippen LogP contribution in [0.2, 0.25) is 0 Å². The van der Waals surface area contributed by atoms with E-state index in [2.05, 4.69) is 26.1 Å². The number of likely N-dealkylation sites (tertiary alicyclic amines) is 1. The van der Waals surface area contributed by atoms with E-state index >= 15 is 0 Å². The Balaban J connectivity index is 0.000000376. The molecule has 12 nitrogen and oxygen atoms in total. The number of carboxylic acids is 2. The number of amides is 2. The molecule has 0 bridgehead atoms. The number of nitrogens with one attached hydrogen (secondary N) is 4. The summed E-state index contributed by atoms with van der Waals surface area (Å²) in [6.45, 7) is 4.81. The fourth-order valence-corrected chi connectivity index (χ4v) is 4.27. The number of rotatable bonds is 1. The first-order valence-corrected chi connectivity index (χ1v) is 11.3. The molecule has 0 aliphatic carbocycles. The molecule has 0 radical (unpaired) electrons. The molecule has 5 rings (SSSR count). The second kappa shape index (κ2) is 11.0. The van der Waals surface area contributed by atoms with Crippen molar-refractivity contribution in [3.63, 3.8) is 0 Å². The van der Waals surface area contributed by atoms with Crippen LogP contribution in [0.3, 0.4) is 0 Å². The second-order valence-corrected chi connectivity index (χ2v) is 8.49. The lowest BCUT2D eigenvalue weighted by atomic mass is 9.84. The highest BCUT2D eigenvalue weighted by Gasteiger charge is 2.45. The van der Waals surface area contributed by atoms with Gasteiger partial charge in [-0.3, -0.25) is 24.3 Å². The van der Waals surface area contributed by atoms with Crippen molar-refractivity contribution >= 4 is 35.1 Å². The zero-order valence-corrected chi connectivity index (χ0v) is 19.7. The molecule has 1 aromatic carbocycles. The standard InChI is InChI=1S/C19H22N6O2.2C2H4O2/c26-17(16-12-5-8-20-11-15(12)23-24-16)25-9-6-19(7-10-25)18(27)21-13-3-1-2-4-14(13)22-19;2*1-2(3)4/h1-4,20,22H,5-11H2,(H,21,27)(H,23,24);2*1H3,(H,3,4). The maximum absolute atomic E-state index is 13.0. The molecule has 0 unspecified atom stereocenters. The smallest absolute Gasteiger partial charge is 0.300 e. The number of benzene rings is 1. The van der Waals surface area contributed by atoms with Gasteiger partial charge in [-0.2, -0.15) is 5.10 Å². The van der Waals surface area contributed by atoms with Gasteiger partial charge in [0.2, 0.25) is 5.91 Å². The lowest BCUT2D eigenvalue weighted by Crippen LogP contribution is -2.59. The van der Waals surface area contributed by atoms with Crippen LogP contribution in [0.4, 0.5) is 11.4 Å². The van der Waals surface area contributed by atoms with Crippen molar-refractivity contribution < 1.29 is 29.4 Å². The van der Waals surface area contributed by atoms with Gasteiger partial charge in [0.25, 0.3) is 17.8 Å². The van der Waals surface area contributed by atoms with Crippen LogP contribution in [0.1, 0.15) is 48.4 Å². The van der Waals surface area contributed by atoms with E-state index in [1.54, 1.807) is 0 Å². The molecule has 3 aliphatic heterocycles. The highest BCUT2D eigenvalue weighted by atomic mass is 16.4. The summed E-state index contributed by atoms with van der Waals surface area (Å²) in [7, 11) is 0. The van der Waals surface area contributed by atoms with Gasteiger partial charge in [-0.05, 0) is 37.9 Å². The molecule has 6 N–H and O–H groups in total. The van der Waals surface area contributed by atoms with Gasteiger partial charge < -0.3 is 31.1 Å². The molecule has 35 heavy (non-hydrogen) atoms. The van der Waals surface area contributed by atoms with E-state index in [1.807, 2.05) is 29.2 Å². The molecule has 12 heteroatoms. The van der Waals surface area contributed by atoms with E-state index in [-0.39, 0.29) is 11.8 Å². The molecule has 2 aromatic rings. The summed E-state index contributed by atoms with van der Waals surface area (Å²) in [6.07, 6.45) is 1.96. The number of piperidine rings is 1. The number of aromatic nitrogens is 2. The number of hydrogen-bond donors (Lipinski definition) is 6. The van der Waals surface area contributed by atoms with Crippen molar-refractivity contribution in [3.05, 3.63) is 41.2 Å². The van der Waals surface area contributed by atoms with Gasteiger partial charge >= 0.3 is 0 Å². The van der Waals surface area contributed by atoms with Crippen molar-refractivity contribution in [2.24, 2.45) is 0 Å². The number of carbonyl (C=O) groups excluding carboxylic acids is 2. The summed E-state index contributed by atoms with van der Waals surface area (Å²) in [4.78, 5) is 45.5. The fraction of sp³-hybridized carbons (Fsp3) is 0.435. The van der Waals surface area contributed by atoms with Gasteiger partial charge in [0, 0.05) is 39.0 Å². The predicted octanol–water partition coefficient (Wildman–Crippen LogP) is 1.28. The number of carbonyl (C=O) groups is 4. The summed E-state index contributed by atoms with van der Waals surface area (Å²) in [5, 5.41) is 31.8. The third-order valence-corrected chi connectivity index (χ3v) is 5.90. The van der Waals surface area contributed by atoms with Gasteiger partial charge in [0.1, 0.15) is 5.54 Å². The molecule has 1 spiro atoms. The normalized spacial score (nSPS) is 17.2. The number of aliphatic carboxylic acids is 2. The zero-order valence-electron chi connectivity index (χ0n) is 19.7. The molecule has 0 saturated carbocycles. The van der Waals surface area contributed by atoms with E-state index in [0.717, 1.165) is 56.0 Å². The summed E-state index contributed by atoms with van der Waals surface area (Å²) >= 11 is 0. The molecular weight excluding hydrogens is 456 g/mol. The third kappa shape index (κ3) is 6.15. The third-order valence-electron chi connectivity index (χ3n) is 5.90. The molecule has 1 saturated heterocycles. The van der Waals surface area contributed by atoms with Crippen LogP contribution >= 0.6 is 0 Å². The van der Waals surface area contributed by atoms with Crippen molar-refractivity contribution in [3.8, 4) is 0 Å². The molecule has 3 aliphatic rings. The maximum atomic E-state index is 13.0. The highest BCUT2D eigenvalue weighted by Crippen LogP contribution is 2.36. The van der Waals surface area contributed by atoms with Crippen molar-refractivity contribution in [2.45, 2.75) is 45.2 Å². The number of aromatic amines is 1. The van der Waals surface area contributed by atoms with E-state index in [0.29, 0.717) is 31.6 Å². The Bertz CT molecular complexity index is 1090. The van der Waals surface area contributed by atoms with Gasteiger partial charge in [-0.25, -0.2) is 0 Å². The van der Waals surface area contributed by atoms with Gasteiger partial charge in [0.15, 0.2) is 5.69 Å². The van der Waals surface area contributed by atoms with Crippen LogP contribution in [-0.4, -0.2) is 74.2 Å². The molecule has 188 valence electrons. The quantitative estimate of drug-likeness (QED) is 0.346. The van der Waals surface area contributed by atoms with E-state index < -0.39 is 17.5 Å². The van der Waals surface area contributed by atoms with Crippen molar-refractivity contribution in [1.82, 2.24) is 20.4 Å². The van der Waals surface area contributed by atoms with Crippen molar-refractivity contribution in [1.29, 1.82) is 0 Å². The Kier molecular flexibility index (Phi) is 8.07. The number of hydrogen-bond acceptors (Lipinski definition) is 7. The fourth-order valence-electron chi connectivity index (χ4n) is 4.27. The largest absolute Gasteiger partial charge is 0.481 e. The molecular formula is C23H30N6O6. The van der Waals surface area contributed by atoms with E-state index in [4.69, 9.17) is 19.8 Å². The molecule has 0 atom stereocenters. The van der Waals surface area contributed by atoms with E-state index in [9.17, 15) is 9.59 Å². The van der Waals surface area contributed by atoms with Crippen LogP contribution in [0.5, 0.6) is 0 Å². The summed E-state index contributed by atoms with van der Waals surface area (Å²) in [6, 6.07) is 7.71. The molecule has 4 heterocycles. The van der Waals surface area contributed by atoms with Gasteiger partial charge in [0.05, 0.1) is 17.1 Å². The van der Waals surface area contributed by atoms with Crippen LogP contribution in [-0.2, 0) is 27.3 Å². The minimum absolute atomic E-state index is 0.0171. The maximum Gasteiger partial charge on any atom is 0.300 e. The Morgan fingerprint density at radius 2 is 1.63 bits per heavy atom. The number of fused-ring (bicyclic) bond motifs is 2. The number of anilines is 2. The van der Waals surface area contributed by atoms with Crippen LogP contribution in [0, 0.1) is 0 Å². The van der Waals surface area contributed by atoms with Gasteiger partial charge in [-0.1, -0.05) is 12.1 Å². The number of nitrogens with zero attached hydrogens (tertiary/aromatic N) is 2. The van der Waals surface area contributed by atoms with Crippen LogP contribution < -0.4 is 16.0 Å². The lowest BCUT2D eigenvalue weighted by molar-refractivity contribution is -0.135. The first-order chi connectivity index (χ1) is 16.6. The Morgan fingerprint density at radius 1 is 1.03 bits per heavy atom. The molecule has 2 amide bonds. The Labute approximate surface area is 202 Å². The summed E-state index contributed by atoms with van der Waals surface area (Å²) < 4.78 is 0. The lowest BCUT2D eigenvalue weighted by Gasteiger charge is -2.44. The van der Waals surface area contributed by atoms with Gasteiger partial charge in [-0.15, -0.1) is 0 Å². The number of H-pyrrole nitrogens is 1. The molecule has 1 fully saturated rings. The SMILES string of the molecule is CC(=O)O.CC(=O)O.O=C(c1n[nH]c2c1CCNC2)N1CCC2(CC1)Nc1ccccc1NC2=O. The van der Waals surface area contributed by atoms with Crippen LogP contribution in [0.15, 0.2) is 24.3 Å². The van der Waals surface area contributed by atoms with Crippen molar-refractivity contribution in [2.75, 3.05) is 30.3 Å². The first kappa shape index (κ1) is 25.7. The summed E-state index contributed by atoms with van der Waals surface area (Å²) in [5.41, 5.74) is 3.66. The summed E-state index contributed by atoms with van der Waals surface area (Å²) in [5.74, 6) is -1.72. The van der Waals surface area contributed by atoms with Crippen LogP contribution in [0.25, 0.3) is 0 Å². The average molecular weight is 487 g/mol. The Hall–Kier alpha value is -3.93. The number of para-hydroxylation sites is 2. The van der Waals surface area contributed by atoms with E-state index in [1.165, 1.54) is 0 Å². The highest BCUT2D eigenvalue weighted by molar-refractivity contribution is 6.06. The second-order valence-electron chi connectivity index (χ2n) is 8.49. The number of carboxylic acid groups (broad SMARTS) is 2. The zero-order chi connectivity index (χ0) is 25.6.